The Hall–Kier alpha value is -2.35. The van der Waals surface area contributed by atoms with Gasteiger partial charge in [0.1, 0.15) is 23.2 Å². The molecule has 1 aliphatic carbocycles. The number of carbonyl (C=O) groups is 2. The van der Waals surface area contributed by atoms with E-state index < -0.39 is 5.60 Å². The molecule has 0 bridgehead atoms. The summed E-state index contributed by atoms with van der Waals surface area (Å²) in [5.74, 6) is -0.129. The van der Waals surface area contributed by atoms with Crippen molar-refractivity contribution in [3.8, 4) is 5.75 Å². The maximum atomic E-state index is 13.1. The van der Waals surface area contributed by atoms with Gasteiger partial charge in [-0.2, -0.15) is 0 Å². The Bertz CT molecular complexity index is 784. The molecule has 0 radical (unpaired) electrons. The van der Waals surface area contributed by atoms with Crippen molar-refractivity contribution in [1.82, 2.24) is 14.7 Å². The Morgan fingerprint density at radius 2 is 1.59 bits per heavy atom. The molecule has 1 aromatic carbocycles. The maximum Gasteiger partial charge on any atom is 0.410 e. The zero-order valence-electron chi connectivity index (χ0n) is 20.8. The van der Waals surface area contributed by atoms with Crippen LogP contribution in [0.5, 0.6) is 5.75 Å². The van der Waals surface area contributed by atoms with Crippen molar-refractivity contribution < 1.29 is 23.8 Å². The lowest BCUT2D eigenvalue weighted by atomic mass is 10.2. The summed E-state index contributed by atoms with van der Waals surface area (Å²) in [5.41, 5.74) is -0.530. The van der Waals surface area contributed by atoms with Crippen molar-refractivity contribution in [3.63, 3.8) is 0 Å². The summed E-state index contributed by atoms with van der Waals surface area (Å²) in [5, 5.41) is 8.59. The van der Waals surface area contributed by atoms with Crippen LogP contribution in [0.15, 0.2) is 24.3 Å². The Kier molecular flexibility index (Phi) is 9.17. The topological polar surface area (TPSA) is 73.3 Å². The van der Waals surface area contributed by atoms with Crippen molar-refractivity contribution in [2.45, 2.75) is 83.4 Å². The van der Waals surface area contributed by atoms with Crippen molar-refractivity contribution in [1.29, 1.82) is 0 Å². The van der Waals surface area contributed by atoms with E-state index >= 15 is 0 Å². The van der Waals surface area contributed by atoms with E-state index in [-0.39, 0.29) is 29.6 Å². The Balaban J connectivity index is 0.000000343. The van der Waals surface area contributed by atoms with Gasteiger partial charge in [-0.25, -0.2) is 9.18 Å². The molecule has 2 heterocycles. The van der Waals surface area contributed by atoms with Crippen molar-refractivity contribution in [2.75, 3.05) is 32.7 Å². The first-order valence-electron chi connectivity index (χ1n) is 12.6. The van der Waals surface area contributed by atoms with Gasteiger partial charge in [-0.3, -0.25) is 14.6 Å². The van der Waals surface area contributed by atoms with Gasteiger partial charge in [0, 0.05) is 38.8 Å². The number of benzene rings is 1. The summed E-state index contributed by atoms with van der Waals surface area (Å²) < 4.78 is 17.5. The molecule has 1 aromatic rings. The Morgan fingerprint density at radius 3 is 2.21 bits per heavy atom. The number of rotatable bonds is 2. The predicted molar refractivity (Wildman–Crippen MR) is 129 cm³/mol. The molecule has 1 atom stereocenters. The number of phenols is 1. The van der Waals surface area contributed by atoms with Gasteiger partial charge in [0.15, 0.2) is 0 Å². The normalized spacial score (nSPS) is 22.2. The van der Waals surface area contributed by atoms with Crippen molar-refractivity contribution in [3.05, 3.63) is 30.1 Å². The first kappa shape index (κ1) is 26.3. The number of aromatic hydroxyl groups is 1. The van der Waals surface area contributed by atoms with Gasteiger partial charge in [0.2, 0.25) is 5.91 Å². The summed E-state index contributed by atoms with van der Waals surface area (Å²) in [6.45, 7) is 9.87. The molecule has 3 fully saturated rings. The summed E-state index contributed by atoms with van der Waals surface area (Å²) in [7, 11) is 0. The first-order chi connectivity index (χ1) is 16.1. The molecule has 2 aliphatic heterocycles. The molecule has 4 rings (SSSR count). The monoisotopic (exact) mass is 477 g/mol. The average Bonchev–Trinajstić information content (AvgIpc) is 3.43. The van der Waals surface area contributed by atoms with Gasteiger partial charge in [0.05, 0.1) is 0 Å². The molecule has 0 unspecified atom stereocenters. The van der Waals surface area contributed by atoms with Gasteiger partial charge < -0.3 is 14.7 Å². The van der Waals surface area contributed by atoms with Crippen LogP contribution in [0, 0.1) is 5.82 Å². The van der Waals surface area contributed by atoms with E-state index in [0.29, 0.717) is 6.54 Å². The third kappa shape index (κ3) is 7.58. The number of carbonyl (C=O) groups excluding carboxylic acids is 2. The molecule has 3 aliphatic rings. The van der Waals surface area contributed by atoms with Crippen LogP contribution in [-0.2, 0) is 9.53 Å². The second-order valence-electron chi connectivity index (χ2n) is 10.5. The quantitative estimate of drug-likeness (QED) is 0.684. The fourth-order valence-electron chi connectivity index (χ4n) is 5.01. The molecule has 8 heteroatoms. The molecule has 2 amide bonds. The van der Waals surface area contributed by atoms with Gasteiger partial charge in [-0.05, 0) is 77.1 Å². The number of phenolic OH excluding ortho intramolecular Hbond substituents is 1. The standard InChI is InChI=1S/C20H35N3O3.C6H5FO/c1-20(2,3)26-19(25)23-13-6-10-17(23)18(24)22-12-7-11-21(14-15-22)16-8-4-5-9-16;7-5-1-3-6(8)4-2-5/h16-17H,4-15H2,1-3H3;1-4,8H/t17-;/m1./s1. The average molecular weight is 478 g/mol. The van der Waals surface area contributed by atoms with Crippen LogP contribution in [-0.4, -0.2) is 82.2 Å². The van der Waals surface area contributed by atoms with Gasteiger partial charge in [0.25, 0.3) is 0 Å². The number of likely N-dealkylation sites (tertiary alicyclic amines) is 1. The largest absolute Gasteiger partial charge is 0.508 e. The highest BCUT2D eigenvalue weighted by atomic mass is 19.1. The number of ether oxygens (including phenoxy) is 1. The van der Waals surface area contributed by atoms with Crippen LogP contribution >= 0.6 is 0 Å². The van der Waals surface area contributed by atoms with Crippen LogP contribution < -0.4 is 0 Å². The third-order valence-electron chi connectivity index (χ3n) is 6.68. The van der Waals surface area contributed by atoms with E-state index in [0.717, 1.165) is 51.5 Å². The molecule has 190 valence electrons. The first-order valence-corrected chi connectivity index (χ1v) is 12.6. The second-order valence-corrected chi connectivity index (χ2v) is 10.5. The molecule has 34 heavy (non-hydrogen) atoms. The number of hydrogen-bond donors (Lipinski definition) is 1. The predicted octanol–water partition coefficient (Wildman–Crippen LogP) is 4.39. The van der Waals surface area contributed by atoms with Gasteiger partial charge in [-0.15, -0.1) is 0 Å². The number of halogens is 1. The van der Waals surface area contributed by atoms with Crippen LogP contribution in [0.3, 0.4) is 0 Å². The highest BCUT2D eigenvalue weighted by Crippen LogP contribution is 2.26. The lowest BCUT2D eigenvalue weighted by Gasteiger charge is -2.31. The van der Waals surface area contributed by atoms with E-state index in [1.54, 1.807) is 4.90 Å². The van der Waals surface area contributed by atoms with Crippen LogP contribution in [0.1, 0.15) is 65.7 Å². The van der Waals surface area contributed by atoms with Crippen LogP contribution in [0.4, 0.5) is 9.18 Å². The minimum atomic E-state index is -0.530. The molecule has 1 saturated carbocycles. The van der Waals surface area contributed by atoms with E-state index in [1.165, 1.54) is 49.9 Å². The Morgan fingerprint density at radius 1 is 0.912 bits per heavy atom. The van der Waals surface area contributed by atoms with Crippen molar-refractivity contribution >= 4 is 12.0 Å². The smallest absolute Gasteiger partial charge is 0.410 e. The summed E-state index contributed by atoms with van der Waals surface area (Å²) in [4.78, 5) is 31.8. The fourth-order valence-corrected chi connectivity index (χ4v) is 5.01. The third-order valence-corrected chi connectivity index (χ3v) is 6.68. The van der Waals surface area contributed by atoms with E-state index in [9.17, 15) is 14.0 Å². The highest BCUT2D eigenvalue weighted by Gasteiger charge is 2.39. The zero-order valence-corrected chi connectivity index (χ0v) is 20.8. The van der Waals surface area contributed by atoms with Crippen LogP contribution in [0.25, 0.3) is 0 Å². The highest BCUT2D eigenvalue weighted by molar-refractivity contribution is 5.86. The van der Waals surface area contributed by atoms with Crippen LogP contribution in [0.2, 0.25) is 0 Å². The van der Waals surface area contributed by atoms with E-state index in [2.05, 4.69) is 4.90 Å². The molecular weight excluding hydrogens is 437 g/mol. The summed E-state index contributed by atoms with van der Waals surface area (Å²) in [6.07, 6.45) is 7.61. The summed E-state index contributed by atoms with van der Waals surface area (Å²) in [6, 6.07) is 5.38. The maximum absolute atomic E-state index is 13.1. The summed E-state index contributed by atoms with van der Waals surface area (Å²) >= 11 is 0. The number of hydrogen-bond acceptors (Lipinski definition) is 5. The minimum absolute atomic E-state index is 0.0893. The molecule has 0 aromatic heterocycles. The van der Waals surface area contributed by atoms with Crippen molar-refractivity contribution in [2.24, 2.45) is 0 Å². The molecule has 2 saturated heterocycles. The molecule has 0 spiro atoms. The van der Waals surface area contributed by atoms with E-state index in [1.807, 2.05) is 25.7 Å². The second kappa shape index (κ2) is 11.9. The molecule has 1 N–H and O–H groups in total. The Labute approximate surface area is 202 Å². The molecular formula is C26H40FN3O4. The lowest BCUT2D eigenvalue weighted by Crippen LogP contribution is -2.50. The fraction of sp³-hybridized carbons (Fsp3) is 0.692. The molecule has 7 nitrogen and oxygen atoms in total. The van der Waals surface area contributed by atoms with Gasteiger partial charge in [-0.1, -0.05) is 12.8 Å². The van der Waals surface area contributed by atoms with Gasteiger partial charge >= 0.3 is 6.09 Å². The number of amides is 2. The minimum Gasteiger partial charge on any atom is -0.508 e. The van der Waals surface area contributed by atoms with E-state index in [4.69, 9.17) is 9.84 Å². The zero-order chi connectivity index (χ0) is 24.7. The SMILES string of the molecule is CC(C)(C)OC(=O)N1CCC[C@@H]1C(=O)N1CCCN(C2CCCC2)CC1.Oc1ccc(F)cc1. The lowest BCUT2D eigenvalue weighted by molar-refractivity contribution is -0.135. The number of nitrogens with zero attached hydrogens (tertiary/aromatic N) is 3.